The minimum absolute atomic E-state index is 0.355. The molecule has 1 saturated carbocycles. The number of furan rings is 1. The Morgan fingerprint density at radius 2 is 2.06 bits per heavy atom. The van der Waals surface area contributed by atoms with Crippen molar-refractivity contribution < 1.29 is 14.3 Å². The molecule has 1 aromatic heterocycles. The molecule has 1 fully saturated rings. The van der Waals surface area contributed by atoms with Gasteiger partial charge in [-0.1, -0.05) is 19.3 Å². The summed E-state index contributed by atoms with van der Waals surface area (Å²) >= 11 is 0. The molecule has 4 nitrogen and oxygen atoms in total. The number of carboxylic acid groups (broad SMARTS) is 1. The van der Waals surface area contributed by atoms with Gasteiger partial charge < -0.3 is 15.3 Å². The zero-order valence-corrected chi connectivity index (χ0v) is 9.19. The van der Waals surface area contributed by atoms with E-state index in [4.69, 9.17) is 15.3 Å². The first kappa shape index (κ1) is 11.2. The van der Waals surface area contributed by atoms with E-state index < -0.39 is 12.0 Å². The molecule has 1 unspecified atom stereocenters. The predicted molar refractivity (Wildman–Crippen MR) is 59.1 cm³/mol. The Balaban J connectivity index is 2.09. The molecule has 0 aliphatic heterocycles. The summed E-state index contributed by atoms with van der Waals surface area (Å²) < 4.78 is 5.54. The SMILES string of the molecule is NC(C(=O)O)c1ccc(C2CCCCC2)o1. The molecular weight excluding hydrogens is 206 g/mol. The van der Waals surface area contributed by atoms with Gasteiger partial charge in [-0.25, -0.2) is 0 Å². The van der Waals surface area contributed by atoms with Crippen molar-refractivity contribution >= 4 is 5.97 Å². The average Bonchev–Trinajstić information content (AvgIpc) is 2.78. The largest absolute Gasteiger partial charge is 0.480 e. The van der Waals surface area contributed by atoms with Crippen molar-refractivity contribution in [2.75, 3.05) is 0 Å². The maximum absolute atomic E-state index is 10.7. The van der Waals surface area contributed by atoms with Gasteiger partial charge in [-0.3, -0.25) is 4.79 Å². The van der Waals surface area contributed by atoms with Gasteiger partial charge in [0.25, 0.3) is 0 Å². The van der Waals surface area contributed by atoms with E-state index in [-0.39, 0.29) is 0 Å². The van der Waals surface area contributed by atoms with Crippen LogP contribution < -0.4 is 5.73 Å². The Kier molecular flexibility index (Phi) is 3.29. The predicted octanol–water partition coefficient (Wildman–Crippen LogP) is 2.41. The average molecular weight is 223 g/mol. The van der Waals surface area contributed by atoms with Crippen LogP contribution in [0.25, 0.3) is 0 Å². The fourth-order valence-corrected chi connectivity index (χ4v) is 2.26. The van der Waals surface area contributed by atoms with Crippen LogP contribution in [0.5, 0.6) is 0 Å². The Morgan fingerprint density at radius 3 is 2.69 bits per heavy atom. The number of rotatable bonds is 3. The van der Waals surface area contributed by atoms with Gasteiger partial charge in [0.2, 0.25) is 0 Å². The Bertz CT molecular complexity index is 366. The quantitative estimate of drug-likeness (QED) is 0.825. The van der Waals surface area contributed by atoms with Gasteiger partial charge in [0.15, 0.2) is 6.04 Å². The maximum atomic E-state index is 10.7. The highest BCUT2D eigenvalue weighted by Crippen LogP contribution is 2.34. The molecule has 4 heteroatoms. The van der Waals surface area contributed by atoms with Crippen LogP contribution in [0.4, 0.5) is 0 Å². The third-order valence-corrected chi connectivity index (χ3v) is 3.23. The molecule has 0 amide bonds. The maximum Gasteiger partial charge on any atom is 0.328 e. The molecule has 0 saturated heterocycles. The minimum atomic E-state index is -1.05. The molecule has 2 rings (SSSR count). The Hall–Kier alpha value is -1.29. The first-order chi connectivity index (χ1) is 7.68. The van der Waals surface area contributed by atoms with Gasteiger partial charge in [-0.2, -0.15) is 0 Å². The lowest BCUT2D eigenvalue weighted by Crippen LogP contribution is -2.19. The molecular formula is C12H17NO3. The lowest BCUT2D eigenvalue weighted by Gasteiger charge is -2.19. The highest BCUT2D eigenvalue weighted by atomic mass is 16.4. The lowest BCUT2D eigenvalue weighted by molar-refractivity contribution is -0.139. The van der Waals surface area contributed by atoms with Crippen LogP contribution in [0.3, 0.4) is 0 Å². The molecule has 1 aliphatic rings. The standard InChI is InChI=1S/C12H17NO3/c13-11(12(14)15)10-7-6-9(16-10)8-4-2-1-3-5-8/h6-8,11H,1-5,13H2,(H,14,15). The van der Waals surface area contributed by atoms with E-state index in [0.29, 0.717) is 11.7 Å². The zero-order chi connectivity index (χ0) is 11.5. The van der Waals surface area contributed by atoms with Crippen LogP contribution in [-0.2, 0) is 4.79 Å². The van der Waals surface area contributed by atoms with Crippen molar-refractivity contribution in [2.24, 2.45) is 5.73 Å². The van der Waals surface area contributed by atoms with Crippen LogP contribution in [0, 0.1) is 0 Å². The van der Waals surface area contributed by atoms with Crippen LogP contribution in [0.15, 0.2) is 16.5 Å². The van der Waals surface area contributed by atoms with E-state index in [9.17, 15) is 4.79 Å². The van der Waals surface area contributed by atoms with E-state index in [2.05, 4.69) is 0 Å². The van der Waals surface area contributed by atoms with Gasteiger partial charge in [0.1, 0.15) is 11.5 Å². The van der Waals surface area contributed by atoms with Crippen molar-refractivity contribution in [3.05, 3.63) is 23.7 Å². The summed E-state index contributed by atoms with van der Waals surface area (Å²) in [5, 5.41) is 8.77. The van der Waals surface area contributed by atoms with Crippen molar-refractivity contribution in [1.29, 1.82) is 0 Å². The first-order valence-electron chi connectivity index (χ1n) is 5.76. The topological polar surface area (TPSA) is 76.5 Å². The summed E-state index contributed by atoms with van der Waals surface area (Å²) in [6.45, 7) is 0. The molecule has 0 bridgehead atoms. The van der Waals surface area contributed by atoms with E-state index in [1.54, 1.807) is 6.07 Å². The first-order valence-corrected chi connectivity index (χ1v) is 5.76. The monoisotopic (exact) mass is 223 g/mol. The van der Waals surface area contributed by atoms with Crippen molar-refractivity contribution in [3.8, 4) is 0 Å². The summed E-state index contributed by atoms with van der Waals surface area (Å²) in [6.07, 6.45) is 6.01. The van der Waals surface area contributed by atoms with Crippen LogP contribution >= 0.6 is 0 Å². The van der Waals surface area contributed by atoms with E-state index in [1.165, 1.54) is 19.3 Å². The summed E-state index contributed by atoms with van der Waals surface area (Å²) in [7, 11) is 0. The van der Waals surface area contributed by atoms with Crippen LogP contribution in [-0.4, -0.2) is 11.1 Å². The van der Waals surface area contributed by atoms with Gasteiger partial charge in [0, 0.05) is 5.92 Å². The highest BCUT2D eigenvalue weighted by Gasteiger charge is 2.22. The number of hydrogen-bond donors (Lipinski definition) is 2. The molecule has 1 heterocycles. The van der Waals surface area contributed by atoms with Crippen LogP contribution in [0.1, 0.15) is 55.6 Å². The third-order valence-electron chi connectivity index (χ3n) is 3.23. The van der Waals surface area contributed by atoms with E-state index in [0.717, 1.165) is 18.6 Å². The second kappa shape index (κ2) is 4.70. The Morgan fingerprint density at radius 1 is 1.38 bits per heavy atom. The number of carboxylic acids is 1. The smallest absolute Gasteiger partial charge is 0.328 e. The fraction of sp³-hybridized carbons (Fsp3) is 0.583. The molecule has 16 heavy (non-hydrogen) atoms. The molecule has 0 aromatic carbocycles. The van der Waals surface area contributed by atoms with E-state index in [1.807, 2.05) is 6.07 Å². The minimum Gasteiger partial charge on any atom is -0.480 e. The molecule has 1 aromatic rings. The van der Waals surface area contributed by atoms with E-state index >= 15 is 0 Å². The molecule has 1 aliphatic carbocycles. The second-order valence-corrected chi connectivity index (χ2v) is 4.39. The summed E-state index contributed by atoms with van der Waals surface area (Å²) in [6, 6.07) is 2.51. The summed E-state index contributed by atoms with van der Waals surface area (Å²) in [5.74, 6) is 0.646. The fourth-order valence-electron chi connectivity index (χ4n) is 2.26. The summed E-state index contributed by atoms with van der Waals surface area (Å²) in [5.41, 5.74) is 5.49. The molecule has 0 radical (unpaired) electrons. The van der Waals surface area contributed by atoms with Crippen molar-refractivity contribution in [3.63, 3.8) is 0 Å². The van der Waals surface area contributed by atoms with Gasteiger partial charge >= 0.3 is 5.97 Å². The van der Waals surface area contributed by atoms with Crippen molar-refractivity contribution in [2.45, 2.75) is 44.1 Å². The second-order valence-electron chi connectivity index (χ2n) is 4.39. The zero-order valence-electron chi connectivity index (χ0n) is 9.19. The van der Waals surface area contributed by atoms with Crippen LogP contribution in [0.2, 0.25) is 0 Å². The number of carbonyl (C=O) groups is 1. The highest BCUT2D eigenvalue weighted by molar-refractivity contribution is 5.74. The van der Waals surface area contributed by atoms with Crippen molar-refractivity contribution in [1.82, 2.24) is 0 Å². The number of nitrogens with two attached hydrogens (primary N) is 1. The summed E-state index contributed by atoms with van der Waals surface area (Å²) in [4.78, 5) is 10.7. The lowest BCUT2D eigenvalue weighted by atomic mass is 9.88. The molecule has 88 valence electrons. The molecule has 1 atom stereocenters. The molecule has 3 N–H and O–H groups in total. The van der Waals surface area contributed by atoms with Gasteiger partial charge in [0.05, 0.1) is 0 Å². The number of aliphatic carboxylic acids is 1. The van der Waals surface area contributed by atoms with Gasteiger partial charge in [-0.15, -0.1) is 0 Å². The number of hydrogen-bond acceptors (Lipinski definition) is 3. The van der Waals surface area contributed by atoms with Gasteiger partial charge in [-0.05, 0) is 25.0 Å². The molecule has 0 spiro atoms. The Labute approximate surface area is 94.4 Å². The third kappa shape index (κ3) is 2.27. The normalized spacial score (nSPS) is 19.6.